The molecule has 18 heavy (non-hydrogen) atoms. The lowest BCUT2D eigenvalue weighted by Crippen LogP contribution is -2.26. The molecule has 0 fully saturated rings. The zero-order valence-corrected chi connectivity index (χ0v) is 10.6. The molecule has 0 saturated carbocycles. The third-order valence-corrected chi connectivity index (χ3v) is 2.87. The molecule has 0 aliphatic rings. The molecule has 0 saturated heterocycles. The molecule has 0 amide bonds. The predicted molar refractivity (Wildman–Crippen MR) is 67.5 cm³/mol. The third-order valence-electron chi connectivity index (χ3n) is 2.87. The van der Waals surface area contributed by atoms with E-state index in [2.05, 4.69) is 22.3 Å². The zero-order valence-electron chi connectivity index (χ0n) is 10.6. The monoisotopic (exact) mass is 248 g/mol. The maximum Gasteiger partial charge on any atom is 0.146 e. The molecule has 96 valence electrons. The number of hydrogen-bond donors (Lipinski definition) is 1. The van der Waals surface area contributed by atoms with Gasteiger partial charge in [-0.15, -0.1) is 0 Å². The van der Waals surface area contributed by atoms with E-state index in [9.17, 15) is 4.39 Å². The smallest absolute Gasteiger partial charge is 0.146 e. The lowest BCUT2D eigenvalue weighted by molar-refractivity contribution is 0.518. The fourth-order valence-electron chi connectivity index (χ4n) is 1.95. The summed E-state index contributed by atoms with van der Waals surface area (Å²) in [6, 6.07) is 3.41. The number of nitrogens with one attached hydrogen (secondary N) is 1. The Kier molecular flexibility index (Phi) is 4.04. The number of hydrogen-bond acceptors (Lipinski definition) is 3. The molecule has 1 atom stereocenters. The molecule has 0 aromatic carbocycles. The topological polar surface area (TPSA) is 42.7 Å². The summed E-state index contributed by atoms with van der Waals surface area (Å²) in [5, 5.41) is 7.48. The second-order valence-corrected chi connectivity index (χ2v) is 4.16. The molecule has 2 aromatic heterocycles. The maximum absolute atomic E-state index is 13.9. The van der Waals surface area contributed by atoms with E-state index >= 15 is 0 Å². The van der Waals surface area contributed by atoms with Gasteiger partial charge in [0.15, 0.2) is 0 Å². The fourth-order valence-corrected chi connectivity index (χ4v) is 1.95. The van der Waals surface area contributed by atoms with E-state index < -0.39 is 0 Å². The van der Waals surface area contributed by atoms with Crippen LogP contribution < -0.4 is 5.32 Å². The number of pyridine rings is 1. The van der Waals surface area contributed by atoms with Crippen LogP contribution in [0.25, 0.3) is 0 Å². The highest BCUT2D eigenvalue weighted by atomic mass is 19.1. The second kappa shape index (κ2) is 5.73. The SMILES string of the molecule is CCCNC(c1ccncc1F)c1ccnn1C. The Hall–Kier alpha value is -1.75. The minimum Gasteiger partial charge on any atom is -0.305 e. The molecule has 2 heterocycles. The summed E-state index contributed by atoms with van der Waals surface area (Å²) in [4.78, 5) is 3.79. The van der Waals surface area contributed by atoms with Crippen molar-refractivity contribution >= 4 is 0 Å². The second-order valence-electron chi connectivity index (χ2n) is 4.16. The van der Waals surface area contributed by atoms with Crippen LogP contribution in [0.4, 0.5) is 4.39 Å². The Bertz CT molecular complexity index is 509. The van der Waals surface area contributed by atoms with Gasteiger partial charge in [-0.05, 0) is 25.1 Å². The molecule has 2 aromatic rings. The number of aryl methyl sites for hydroxylation is 1. The van der Waals surface area contributed by atoms with E-state index in [-0.39, 0.29) is 11.9 Å². The van der Waals surface area contributed by atoms with E-state index in [1.165, 1.54) is 6.20 Å². The van der Waals surface area contributed by atoms with Crippen LogP contribution in [0.5, 0.6) is 0 Å². The van der Waals surface area contributed by atoms with Crippen molar-refractivity contribution in [2.75, 3.05) is 6.54 Å². The Balaban J connectivity index is 2.37. The minimum absolute atomic E-state index is 0.194. The van der Waals surface area contributed by atoms with Crippen molar-refractivity contribution in [2.24, 2.45) is 7.05 Å². The predicted octanol–water partition coefficient (Wildman–Crippen LogP) is 2.04. The van der Waals surface area contributed by atoms with E-state index in [1.807, 2.05) is 13.1 Å². The summed E-state index contributed by atoms with van der Waals surface area (Å²) in [7, 11) is 1.86. The van der Waals surface area contributed by atoms with Crippen LogP contribution in [0.15, 0.2) is 30.7 Å². The van der Waals surface area contributed by atoms with Crippen molar-refractivity contribution in [3.05, 3.63) is 47.8 Å². The van der Waals surface area contributed by atoms with Crippen molar-refractivity contribution in [3.8, 4) is 0 Å². The van der Waals surface area contributed by atoms with E-state index in [0.29, 0.717) is 5.56 Å². The first-order chi connectivity index (χ1) is 8.74. The number of nitrogens with zero attached hydrogens (tertiary/aromatic N) is 3. The van der Waals surface area contributed by atoms with Gasteiger partial charge in [-0.1, -0.05) is 6.92 Å². The molecule has 1 N–H and O–H groups in total. The van der Waals surface area contributed by atoms with E-state index in [0.717, 1.165) is 18.7 Å². The third kappa shape index (κ3) is 2.56. The Morgan fingerprint density at radius 1 is 1.39 bits per heavy atom. The van der Waals surface area contributed by atoms with Gasteiger partial charge in [-0.3, -0.25) is 9.67 Å². The highest BCUT2D eigenvalue weighted by Crippen LogP contribution is 2.23. The van der Waals surface area contributed by atoms with Gasteiger partial charge in [0.2, 0.25) is 0 Å². The standard InChI is InChI=1S/C13H17FN4/c1-3-6-16-13(12-5-8-17-18(12)2)10-4-7-15-9-11(10)14/h4-5,7-9,13,16H,3,6H2,1-2H3. The van der Waals surface area contributed by atoms with E-state index in [1.54, 1.807) is 23.1 Å². The molecule has 0 aliphatic heterocycles. The zero-order chi connectivity index (χ0) is 13.0. The van der Waals surface area contributed by atoms with Gasteiger partial charge < -0.3 is 5.32 Å². The van der Waals surface area contributed by atoms with Crippen LogP contribution >= 0.6 is 0 Å². The van der Waals surface area contributed by atoms with Crippen molar-refractivity contribution in [1.29, 1.82) is 0 Å². The van der Waals surface area contributed by atoms with Crippen LogP contribution in [0, 0.1) is 5.82 Å². The highest BCUT2D eigenvalue weighted by molar-refractivity contribution is 5.26. The van der Waals surface area contributed by atoms with Crippen LogP contribution in [0.3, 0.4) is 0 Å². The van der Waals surface area contributed by atoms with E-state index in [4.69, 9.17) is 0 Å². The molecule has 2 rings (SSSR count). The van der Waals surface area contributed by atoms with Gasteiger partial charge in [-0.2, -0.15) is 5.10 Å². The quantitative estimate of drug-likeness (QED) is 0.880. The van der Waals surface area contributed by atoms with Crippen LogP contribution in [0.1, 0.15) is 30.6 Å². The largest absolute Gasteiger partial charge is 0.305 e. The molecule has 0 bridgehead atoms. The Morgan fingerprint density at radius 3 is 2.83 bits per heavy atom. The first-order valence-electron chi connectivity index (χ1n) is 6.04. The molecule has 1 unspecified atom stereocenters. The summed E-state index contributed by atoms with van der Waals surface area (Å²) in [6.45, 7) is 2.90. The normalized spacial score (nSPS) is 12.6. The van der Waals surface area contributed by atoms with Crippen LogP contribution in [-0.4, -0.2) is 21.3 Å². The van der Waals surface area contributed by atoms with Crippen molar-refractivity contribution in [2.45, 2.75) is 19.4 Å². The molecule has 5 heteroatoms. The first kappa shape index (κ1) is 12.7. The van der Waals surface area contributed by atoms with Gasteiger partial charge in [0, 0.05) is 25.0 Å². The molecule has 0 radical (unpaired) electrons. The van der Waals surface area contributed by atoms with Crippen molar-refractivity contribution < 1.29 is 4.39 Å². The summed E-state index contributed by atoms with van der Waals surface area (Å²) >= 11 is 0. The summed E-state index contributed by atoms with van der Waals surface area (Å²) < 4.78 is 15.6. The van der Waals surface area contributed by atoms with Crippen LogP contribution in [-0.2, 0) is 7.05 Å². The molecule has 0 aliphatic carbocycles. The van der Waals surface area contributed by atoms with Crippen LogP contribution in [0.2, 0.25) is 0 Å². The molecular formula is C13H17FN4. The number of rotatable bonds is 5. The summed E-state index contributed by atoms with van der Waals surface area (Å²) in [6.07, 6.45) is 5.55. The molecular weight excluding hydrogens is 231 g/mol. The average Bonchev–Trinajstić information content (AvgIpc) is 2.78. The maximum atomic E-state index is 13.9. The van der Waals surface area contributed by atoms with Gasteiger partial charge in [0.05, 0.1) is 17.9 Å². The summed E-state index contributed by atoms with van der Waals surface area (Å²) in [5.74, 6) is -0.299. The average molecular weight is 248 g/mol. The van der Waals surface area contributed by atoms with Gasteiger partial charge >= 0.3 is 0 Å². The first-order valence-corrected chi connectivity index (χ1v) is 6.04. The Labute approximate surface area is 106 Å². The fraction of sp³-hybridized carbons (Fsp3) is 0.385. The lowest BCUT2D eigenvalue weighted by Gasteiger charge is -2.19. The van der Waals surface area contributed by atoms with Crippen molar-refractivity contribution in [1.82, 2.24) is 20.1 Å². The highest BCUT2D eigenvalue weighted by Gasteiger charge is 2.19. The molecule has 4 nitrogen and oxygen atoms in total. The van der Waals surface area contributed by atoms with Gasteiger partial charge in [0.1, 0.15) is 5.82 Å². The van der Waals surface area contributed by atoms with Gasteiger partial charge in [0.25, 0.3) is 0 Å². The van der Waals surface area contributed by atoms with Gasteiger partial charge in [-0.25, -0.2) is 4.39 Å². The minimum atomic E-state index is -0.299. The molecule has 0 spiro atoms. The number of halogens is 1. The lowest BCUT2D eigenvalue weighted by atomic mass is 10.0. The number of aromatic nitrogens is 3. The summed E-state index contributed by atoms with van der Waals surface area (Å²) in [5.41, 5.74) is 1.54. The van der Waals surface area contributed by atoms with Crippen molar-refractivity contribution in [3.63, 3.8) is 0 Å². The Morgan fingerprint density at radius 2 is 2.22 bits per heavy atom.